The van der Waals surface area contributed by atoms with Crippen LogP contribution in [0.1, 0.15) is 48.7 Å². The molecule has 3 atom stereocenters. The lowest BCUT2D eigenvalue weighted by Gasteiger charge is -2.43. The smallest absolute Gasteiger partial charge is 0.248 e. The Labute approximate surface area is 205 Å². The van der Waals surface area contributed by atoms with Gasteiger partial charge in [-0.15, -0.1) is 0 Å². The van der Waals surface area contributed by atoms with E-state index in [0.717, 1.165) is 19.3 Å². The molecular formula is C24H33N5O5S. The standard InChI is InChI=1S/C24H33N5O5S/c1-16-22(17(2)34-27-16)35(32,33)29-14-12-28(13-15-29)20-11-7-6-10-19(20)24(31)26-21(23(25)30)18-8-4-3-5-9-18/h3-5,8-9,19-21H,6-7,10-15H2,1-2H3,(H2,25,30)(H,26,31)/t19-,20-,21+/m1/s1. The van der Waals surface area contributed by atoms with Gasteiger partial charge in [-0.3, -0.25) is 14.5 Å². The molecule has 0 unspecified atom stereocenters. The van der Waals surface area contributed by atoms with E-state index >= 15 is 0 Å². The first-order valence-corrected chi connectivity index (χ1v) is 13.5. The maximum absolute atomic E-state index is 13.3. The van der Waals surface area contributed by atoms with Crippen LogP contribution in [0.3, 0.4) is 0 Å². The molecule has 2 aliphatic rings. The van der Waals surface area contributed by atoms with E-state index in [0.29, 0.717) is 43.9 Å². The topological polar surface area (TPSA) is 139 Å². The Bertz CT molecular complexity index is 1140. The average molecular weight is 504 g/mol. The van der Waals surface area contributed by atoms with E-state index in [1.165, 1.54) is 4.31 Å². The summed E-state index contributed by atoms with van der Waals surface area (Å²) in [6.07, 6.45) is 3.50. The lowest BCUT2D eigenvalue weighted by molar-refractivity contribution is -0.133. The number of carbonyl (C=O) groups is 2. The number of benzene rings is 1. The summed E-state index contributed by atoms with van der Waals surface area (Å²) in [5.41, 5.74) is 6.61. The van der Waals surface area contributed by atoms with Crippen molar-refractivity contribution in [1.29, 1.82) is 0 Å². The Balaban J connectivity index is 1.44. The Morgan fingerprint density at radius 3 is 2.34 bits per heavy atom. The quantitative estimate of drug-likeness (QED) is 0.584. The van der Waals surface area contributed by atoms with Gasteiger partial charge in [0.2, 0.25) is 21.8 Å². The number of hydrogen-bond acceptors (Lipinski definition) is 7. The molecule has 35 heavy (non-hydrogen) atoms. The van der Waals surface area contributed by atoms with Crippen LogP contribution in [0.4, 0.5) is 0 Å². The molecule has 4 rings (SSSR count). The van der Waals surface area contributed by atoms with Crippen molar-refractivity contribution in [2.45, 2.75) is 56.5 Å². The molecule has 2 aromatic rings. The maximum atomic E-state index is 13.3. The average Bonchev–Trinajstić information content (AvgIpc) is 3.21. The highest BCUT2D eigenvalue weighted by Gasteiger charge is 2.40. The second-order valence-electron chi connectivity index (χ2n) is 9.31. The molecule has 10 nitrogen and oxygen atoms in total. The van der Waals surface area contributed by atoms with E-state index in [-0.39, 0.29) is 28.5 Å². The molecule has 2 amide bonds. The van der Waals surface area contributed by atoms with Crippen LogP contribution in [0.2, 0.25) is 0 Å². The van der Waals surface area contributed by atoms with Gasteiger partial charge in [-0.2, -0.15) is 4.31 Å². The van der Waals surface area contributed by atoms with Crippen molar-refractivity contribution in [2.75, 3.05) is 26.2 Å². The maximum Gasteiger partial charge on any atom is 0.248 e. The monoisotopic (exact) mass is 503 g/mol. The van der Waals surface area contributed by atoms with Crippen molar-refractivity contribution < 1.29 is 22.5 Å². The highest BCUT2D eigenvalue weighted by Crippen LogP contribution is 2.31. The van der Waals surface area contributed by atoms with Gasteiger partial charge in [-0.1, -0.05) is 48.3 Å². The molecule has 0 bridgehead atoms. The fourth-order valence-electron chi connectivity index (χ4n) is 5.32. The lowest BCUT2D eigenvalue weighted by atomic mass is 9.82. The summed E-state index contributed by atoms with van der Waals surface area (Å²) >= 11 is 0. The summed E-state index contributed by atoms with van der Waals surface area (Å²) < 4.78 is 32.9. The number of piperazine rings is 1. The third kappa shape index (κ3) is 5.26. The van der Waals surface area contributed by atoms with E-state index in [1.807, 2.05) is 6.07 Å². The number of aryl methyl sites for hydroxylation is 2. The van der Waals surface area contributed by atoms with Gasteiger partial charge in [0, 0.05) is 32.2 Å². The van der Waals surface area contributed by atoms with E-state index in [1.54, 1.807) is 38.1 Å². The molecule has 1 aromatic carbocycles. The third-order valence-electron chi connectivity index (χ3n) is 7.08. The Morgan fingerprint density at radius 2 is 1.74 bits per heavy atom. The minimum atomic E-state index is -3.70. The Hall–Kier alpha value is -2.76. The summed E-state index contributed by atoms with van der Waals surface area (Å²) in [7, 11) is -3.70. The van der Waals surface area contributed by atoms with Gasteiger partial charge < -0.3 is 15.6 Å². The number of hydrogen-bond donors (Lipinski definition) is 2. The molecule has 11 heteroatoms. The number of carbonyl (C=O) groups excluding carboxylic acids is 2. The summed E-state index contributed by atoms with van der Waals surface area (Å²) in [6.45, 7) is 4.92. The van der Waals surface area contributed by atoms with E-state index in [4.69, 9.17) is 10.3 Å². The number of rotatable bonds is 7. The number of nitrogens with two attached hydrogens (primary N) is 1. The molecular weight excluding hydrogens is 470 g/mol. The lowest BCUT2D eigenvalue weighted by Crippen LogP contribution is -2.56. The first-order chi connectivity index (χ1) is 16.7. The summed E-state index contributed by atoms with van der Waals surface area (Å²) in [5.74, 6) is -0.792. The molecule has 2 fully saturated rings. The van der Waals surface area contributed by atoms with Crippen LogP contribution in [-0.4, -0.2) is 66.8 Å². The van der Waals surface area contributed by atoms with Gasteiger partial charge in [-0.25, -0.2) is 8.42 Å². The molecule has 190 valence electrons. The first-order valence-electron chi connectivity index (χ1n) is 12.0. The van der Waals surface area contributed by atoms with Crippen LogP contribution < -0.4 is 11.1 Å². The van der Waals surface area contributed by atoms with Crippen molar-refractivity contribution in [3.8, 4) is 0 Å². The molecule has 0 radical (unpaired) electrons. The van der Waals surface area contributed by atoms with Crippen molar-refractivity contribution in [3.63, 3.8) is 0 Å². The second kappa shape index (κ2) is 10.5. The minimum Gasteiger partial charge on any atom is -0.368 e. The zero-order valence-corrected chi connectivity index (χ0v) is 21.0. The molecule has 2 heterocycles. The third-order valence-corrected chi connectivity index (χ3v) is 9.22. The highest BCUT2D eigenvalue weighted by atomic mass is 32.2. The normalized spacial score (nSPS) is 23.0. The van der Waals surface area contributed by atoms with Gasteiger partial charge in [0.25, 0.3) is 0 Å². The number of sulfonamides is 1. The van der Waals surface area contributed by atoms with Gasteiger partial charge in [0.05, 0.1) is 5.92 Å². The number of nitrogens with zero attached hydrogens (tertiary/aromatic N) is 3. The highest BCUT2D eigenvalue weighted by molar-refractivity contribution is 7.89. The second-order valence-corrected chi connectivity index (χ2v) is 11.2. The summed E-state index contributed by atoms with van der Waals surface area (Å²) in [6, 6.07) is 8.08. The zero-order valence-electron chi connectivity index (χ0n) is 20.1. The Morgan fingerprint density at radius 1 is 1.09 bits per heavy atom. The van der Waals surface area contributed by atoms with Crippen LogP contribution in [0.25, 0.3) is 0 Å². The van der Waals surface area contributed by atoms with Crippen molar-refractivity contribution >= 4 is 21.8 Å². The fraction of sp³-hybridized carbons (Fsp3) is 0.542. The fourth-order valence-corrected chi connectivity index (χ4v) is 7.03. The van der Waals surface area contributed by atoms with Crippen molar-refractivity contribution in [1.82, 2.24) is 19.7 Å². The van der Waals surface area contributed by atoms with E-state index in [2.05, 4.69) is 15.4 Å². The van der Waals surface area contributed by atoms with Crippen LogP contribution in [-0.2, 0) is 19.6 Å². The Kier molecular flexibility index (Phi) is 7.58. The molecule has 1 aromatic heterocycles. The van der Waals surface area contributed by atoms with Crippen LogP contribution in [0, 0.1) is 19.8 Å². The SMILES string of the molecule is Cc1noc(C)c1S(=O)(=O)N1CCN([C@@H]2CCCC[C@H]2C(=O)N[C@H](C(N)=O)c2ccccc2)CC1. The number of primary amides is 1. The van der Waals surface area contributed by atoms with Gasteiger partial charge in [0.15, 0.2) is 5.76 Å². The van der Waals surface area contributed by atoms with Crippen LogP contribution in [0.15, 0.2) is 39.8 Å². The zero-order chi connectivity index (χ0) is 25.2. The predicted molar refractivity (Wildman–Crippen MR) is 129 cm³/mol. The minimum absolute atomic E-state index is 0.0167. The molecule has 3 N–H and O–H groups in total. The van der Waals surface area contributed by atoms with E-state index < -0.39 is 22.0 Å². The molecule has 0 spiro atoms. The number of amides is 2. The largest absolute Gasteiger partial charge is 0.368 e. The van der Waals surface area contributed by atoms with E-state index in [9.17, 15) is 18.0 Å². The van der Waals surface area contributed by atoms with Gasteiger partial charge in [0.1, 0.15) is 16.6 Å². The van der Waals surface area contributed by atoms with Gasteiger partial charge >= 0.3 is 0 Å². The summed E-state index contributed by atoms with van der Waals surface area (Å²) in [4.78, 5) is 27.8. The van der Waals surface area contributed by atoms with Crippen LogP contribution >= 0.6 is 0 Å². The molecule has 1 aliphatic heterocycles. The predicted octanol–water partition coefficient (Wildman–Crippen LogP) is 1.50. The molecule has 1 aliphatic carbocycles. The number of nitrogens with one attached hydrogen (secondary N) is 1. The molecule has 1 saturated heterocycles. The van der Waals surface area contributed by atoms with Crippen molar-refractivity contribution in [2.24, 2.45) is 11.7 Å². The first kappa shape index (κ1) is 25.3. The summed E-state index contributed by atoms with van der Waals surface area (Å²) in [5, 5.41) is 6.66. The molecule has 1 saturated carbocycles. The van der Waals surface area contributed by atoms with Crippen molar-refractivity contribution in [3.05, 3.63) is 47.3 Å². The van der Waals surface area contributed by atoms with Crippen LogP contribution in [0.5, 0.6) is 0 Å². The van der Waals surface area contributed by atoms with Gasteiger partial charge in [-0.05, 0) is 32.3 Å². The number of aromatic nitrogens is 1.